The molecule has 2 rings (SSSR count). The van der Waals surface area contributed by atoms with E-state index in [1.807, 2.05) is 12.1 Å². The van der Waals surface area contributed by atoms with Crippen LogP contribution in [0.3, 0.4) is 0 Å². The van der Waals surface area contributed by atoms with Gasteiger partial charge in [-0.05, 0) is 30.9 Å². The molecule has 86 valence electrons. The maximum Gasteiger partial charge on any atom is 0.223 e. The molecule has 0 radical (unpaired) electrons. The first-order valence-corrected chi connectivity index (χ1v) is 5.58. The van der Waals surface area contributed by atoms with Crippen LogP contribution in [0.1, 0.15) is 18.4 Å². The molecule has 1 aromatic rings. The Labute approximate surface area is 99.5 Å². The fourth-order valence-corrected chi connectivity index (χ4v) is 2.15. The van der Waals surface area contributed by atoms with Crippen molar-refractivity contribution < 1.29 is 9.53 Å². The van der Waals surface area contributed by atoms with E-state index in [0.717, 1.165) is 18.4 Å². The standard InChI is InChI=1S/C12H14ClNO2/c1-16-9-4-2-3-8(10(9)13)7-12(5-6-12)11(14)15/h2-4H,5-7H2,1H3,(H2,14,15). The minimum atomic E-state index is -0.365. The average molecular weight is 240 g/mol. The molecule has 1 aliphatic rings. The summed E-state index contributed by atoms with van der Waals surface area (Å²) in [5, 5.41) is 0.581. The van der Waals surface area contributed by atoms with E-state index in [9.17, 15) is 4.79 Å². The van der Waals surface area contributed by atoms with Crippen molar-refractivity contribution in [1.82, 2.24) is 0 Å². The van der Waals surface area contributed by atoms with Crippen molar-refractivity contribution in [3.05, 3.63) is 28.8 Å². The number of hydrogen-bond acceptors (Lipinski definition) is 2. The molecule has 3 nitrogen and oxygen atoms in total. The second-order valence-corrected chi connectivity index (χ2v) is 4.63. The van der Waals surface area contributed by atoms with Crippen LogP contribution in [0.15, 0.2) is 18.2 Å². The van der Waals surface area contributed by atoms with E-state index in [0.29, 0.717) is 17.2 Å². The lowest BCUT2D eigenvalue weighted by molar-refractivity contribution is -0.123. The van der Waals surface area contributed by atoms with Gasteiger partial charge in [0.05, 0.1) is 17.5 Å². The lowest BCUT2D eigenvalue weighted by Gasteiger charge is -2.13. The van der Waals surface area contributed by atoms with Crippen LogP contribution in [-0.4, -0.2) is 13.0 Å². The van der Waals surface area contributed by atoms with Crippen molar-refractivity contribution in [3.8, 4) is 5.75 Å². The first-order valence-electron chi connectivity index (χ1n) is 5.20. The number of ether oxygens (including phenoxy) is 1. The van der Waals surface area contributed by atoms with Gasteiger partial charge in [0.25, 0.3) is 0 Å². The van der Waals surface area contributed by atoms with Gasteiger partial charge in [-0.1, -0.05) is 23.7 Å². The highest BCUT2D eigenvalue weighted by molar-refractivity contribution is 6.32. The SMILES string of the molecule is COc1cccc(CC2(C(N)=O)CC2)c1Cl. The topological polar surface area (TPSA) is 52.3 Å². The van der Waals surface area contributed by atoms with E-state index in [4.69, 9.17) is 22.1 Å². The van der Waals surface area contributed by atoms with Crippen molar-refractivity contribution in [3.63, 3.8) is 0 Å². The van der Waals surface area contributed by atoms with Crippen LogP contribution in [-0.2, 0) is 11.2 Å². The van der Waals surface area contributed by atoms with Crippen LogP contribution in [0.25, 0.3) is 0 Å². The number of benzene rings is 1. The average Bonchev–Trinajstić information content (AvgIpc) is 3.02. The van der Waals surface area contributed by atoms with E-state index in [1.54, 1.807) is 13.2 Å². The normalized spacial score (nSPS) is 16.9. The molecule has 0 unspecified atom stereocenters. The van der Waals surface area contributed by atoms with E-state index < -0.39 is 0 Å². The Hall–Kier alpha value is -1.22. The fourth-order valence-electron chi connectivity index (χ4n) is 1.88. The molecule has 1 fully saturated rings. The van der Waals surface area contributed by atoms with E-state index >= 15 is 0 Å². The molecule has 1 aliphatic carbocycles. The summed E-state index contributed by atoms with van der Waals surface area (Å²) in [7, 11) is 1.58. The van der Waals surface area contributed by atoms with Gasteiger partial charge in [0.15, 0.2) is 0 Å². The number of carbonyl (C=O) groups excluding carboxylic acids is 1. The van der Waals surface area contributed by atoms with Crippen molar-refractivity contribution in [1.29, 1.82) is 0 Å². The Bertz CT molecular complexity index is 427. The molecule has 1 aromatic carbocycles. The van der Waals surface area contributed by atoms with Gasteiger partial charge in [0, 0.05) is 0 Å². The highest BCUT2D eigenvalue weighted by Crippen LogP contribution is 2.49. The number of hydrogen-bond donors (Lipinski definition) is 1. The zero-order valence-electron chi connectivity index (χ0n) is 9.13. The van der Waals surface area contributed by atoms with Gasteiger partial charge in [-0.3, -0.25) is 4.79 Å². The Kier molecular flexibility index (Phi) is 2.80. The number of amides is 1. The molecular weight excluding hydrogens is 226 g/mol. The molecule has 0 aliphatic heterocycles. The number of rotatable bonds is 4. The minimum absolute atomic E-state index is 0.230. The Morgan fingerprint density at radius 2 is 2.25 bits per heavy atom. The minimum Gasteiger partial charge on any atom is -0.495 e. The van der Waals surface area contributed by atoms with E-state index in [-0.39, 0.29) is 11.3 Å². The highest BCUT2D eigenvalue weighted by atomic mass is 35.5. The third-order valence-corrected chi connectivity index (χ3v) is 3.60. The number of methoxy groups -OCH3 is 1. The summed E-state index contributed by atoms with van der Waals surface area (Å²) in [5.41, 5.74) is 5.95. The quantitative estimate of drug-likeness (QED) is 0.876. The van der Waals surface area contributed by atoms with Gasteiger partial charge >= 0.3 is 0 Å². The van der Waals surface area contributed by atoms with Gasteiger partial charge in [-0.15, -0.1) is 0 Å². The van der Waals surface area contributed by atoms with Gasteiger partial charge in [-0.25, -0.2) is 0 Å². The summed E-state index contributed by atoms with van der Waals surface area (Å²) in [5.74, 6) is 0.408. The van der Waals surface area contributed by atoms with E-state index in [1.165, 1.54) is 0 Å². The fraction of sp³-hybridized carbons (Fsp3) is 0.417. The molecule has 0 atom stereocenters. The molecule has 16 heavy (non-hydrogen) atoms. The molecule has 0 saturated heterocycles. The van der Waals surface area contributed by atoms with Gasteiger partial charge in [0.2, 0.25) is 5.91 Å². The van der Waals surface area contributed by atoms with Crippen LogP contribution >= 0.6 is 11.6 Å². The van der Waals surface area contributed by atoms with Crippen molar-refractivity contribution in [2.45, 2.75) is 19.3 Å². The van der Waals surface area contributed by atoms with Crippen molar-refractivity contribution in [2.75, 3.05) is 7.11 Å². The predicted molar refractivity (Wildman–Crippen MR) is 62.6 cm³/mol. The summed E-state index contributed by atoms with van der Waals surface area (Å²) in [6.07, 6.45) is 2.32. The third-order valence-electron chi connectivity index (χ3n) is 3.17. The van der Waals surface area contributed by atoms with E-state index in [2.05, 4.69) is 0 Å². The van der Waals surface area contributed by atoms with Crippen molar-refractivity contribution in [2.24, 2.45) is 11.1 Å². The summed E-state index contributed by atoms with van der Waals surface area (Å²) in [6, 6.07) is 5.58. The first kappa shape index (κ1) is 11.3. The third kappa shape index (κ3) is 1.87. The number of halogens is 1. The Morgan fingerprint density at radius 1 is 1.56 bits per heavy atom. The number of primary amides is 1. The summed E-state index contributed by atoms with van der Waals surface area (Å²) >= 11 is 6.17. The second-order valence-electron chi connectivity index (χ2n) is 4.25. The molecule has 1 amide bonds. The Balaban J connectivity index is 2.25. The molecular formula is C12H14ClNO2. The van der Waals surface area contributed by atoms with Gasteiger partial charge < -0.3 is 10.5 Å². The largest absolute Gasteiger partial charge is 0.495 e. The highest BCUT2D eigenvalue weighted by Gasteiger charge is 2.48. The molecule has 2 N–H and O–H groups in total. The van der Waals surface area contributed by atoms with Crippen LogP contribution in [0.4, 0.5) is 0 Å². The summed E-state index contributed by atoms with van der Waals surface area (Å²) < 4.78 is 5.13. The Morgan fingerprint density at radius 3 is 2.75 bits per heavy atom. The first-order chi connectivity index (χ1) is 7.59. The molecule has 0 spiro atoms. The summed E-state index contributed by atoms with van der Waals surface area (Å²) in [6.45, 7) is 0. The summed E-state index contributed by atoms with van der Waals surface area (Å²) in [4.78, 5) is 11.3. The van der Waals surface area contributed by atoms with Gasteiger partial charge in [0.1, 0.15) is 5.75 Å². The lowest BCUT2D eigenvalue weighted by Crippen LogP contribution is -2.26. The molecule has 1 saturated carbocycles. The number of carbonyl (C=O) groups is 1. The maximum absolute atomic E-state index is 11.3. The van der Waals surface area contributed by atoms with Crippen LogP contribution in [0.5, 0.6) is 5.75 Å². The molecule has 0 bridgehead atoms. The zero-order valence-corrected chi connectivity index (χ0v) is 9.88. The predicted octanol–water partition coefficient (Wildman–Crippen LogP) is 2.16. The monoisotopic (exact) mass is 239 g/mol. The zero-order chi connectivity index (χ0) is 11.8. The smallest absolute Gasteiger partial charge is 0.223 e. The molecule has 0 heterocycles. The molecule has 4 heteroatoms. The maximum atomic E-state index is 11.3. The van der Waals surface area contributed by atoms with Crippen LogP contribution < -0.4 is 10.5 Å². The molecule has 0 aromatic heterocycles. The van der Waals surface area contributed by atoms with Gasteiger partial charge in [-0.2, -0.15) is 0 Å². The van der Waals surface area contributed by atoms with Crippen molar-refractivity contribution >= 4 is 17.5 Å². The number of nitrogens with two attached hydrogens (primary N) is 1. The second kappa shape index (κ2) is 3.98. The van der Waals surface area contributed by atoms with Crippen LogP contribution in [0, 0.1) is 5.41 Å². The van der Waals surface area contributed by atoms with Crippen LogP contribution in [0.2, 0.25) is 5.02 Å². The lowest BCUT2D eigenvalue weighted by atomic mass is 9.96.